The SMILES string of the molecule is Cc1ccc(C(=O)c2cc3c(Cl)cccc3o2)cc1F. The van der Waals surface area contributed by atoms with Crippen LogP contribution in [0.4, 0.5) is 4.39 Å². The maximum absolute atomic E-state index is 13.5. The first-order valence-corrected chi connectivity index (χ1v) is 6.43. The molecule has 0 radical (unpaired) electrons. The number of aryl methyl sites for hydroxylation is 1. The van der Waals surface area contributed by atoms with Crippen LogP contribution in [0.5, 0.6) is 0 Å². The van der Waals surface area contributed by atoms with E-state index in [1.807, 2.05) is 0 Å². The molecule has 20 heavy (non-hydrogen) atoms. The lowest BCUT2D eigenvalue weighted by molar-refractivity contribution is 0.101. The Kier molecular flexibility index (Phi) is 3.07. The summed E-state index contributed by atoms with van der Waals surface area (Å²) < 4.78 is 19.0. The van der Waals surface area contributed by atoms with Gasteiger partial charge in [-0.15, -0.1) is 0 Å². The largest absolute Gasteiger partial charge is 0.453 e. The molecule has 0 N–H and O–H groups in total. The Morgan fingerprint density at radius 3 is 2.70 bits per heavy atom. The molecule has 0 amide bonds. The molecule has 0 saturated heterocycles. The number of furan rings is 1. The molecule has 0 aliphatic rings. The molecule has 3 aromatic rings. The monoisotopic (exact) mass is 288 g/mol. The molecular weight excluding hydrogens is 279 g/mol. The van der Waals surface area contributed by atoms with Gasteiger partial charge in [0.05, 0.1) is 5.02 Å². The van der Waals surface area contributed by atoms with Crippen molar-refractivity contribution in [2.45, 2.75) is 6.92 Å². The Labute approximate surface area is 119 Å². The zero-order valence-corrected chi connectivity index (χ0v) is 11.4. The molecule has 1 aromatic heterocycles. The van der Waals surface area contributed by atoms with E-state index < -0.39 is 5.82 Å². The third-order valence-electron chi connectivity index (χ3n) is 3.17. The number of rotatable bonds is 2. The highest BCUT2D eigenvalue weighted by Gasteiger charge is 2.16. The van der Waals surface area contributed by atoms with E-state index in [9.17, 15) is 9.18 Å². The van der Waals surface area contributed by atoms with Gasteiger partial charge in [0.2, 0.25) is 5.78 Å². The fraction of sp³-hybridized carbons (Fsp3) is 0.0625. The Morgan fingerprint density at radius 1 is 1.20 bits per heavy atom. The van der Waals surface area contributed by atoms with E-state index >= 15 is 0 Å². The first-order chi connectivity index (χ1) is 9.56. The van der Waals surface area contributed by atoms with Crippen LogP contribution in [0.2, 0.25) is 5.02 Å². The van der Waals surface area contributed by atoms with Gasteiger partial charge in [-0.05, 0) is 36.8 Å². The van der Waals surface area contributed by atoms with Gasteiger partial charge >= 0.3 is 0 Å². The maximum Gasteiger partial charge on any atom is 0.228 e. The Balaban J connectivity index is 2.08. The fourth-order valence-electron chi connectivity index (χ4n) is 2.01. The molecule has 0 unspecified atom stereocenters. The fourth-order valence-corrected chi connectivity index (χ4v) is 2.23. The van der Waals surface area contributed by atoms with Crippen molar-refractivity contribution in [1.82, 2.24) is 0 Å². The molecule has 3 rings (SSSR count). The van der Waals surface area contributed by atoms with E-state index in [0.29, 0.717) is 21.6 Å². The highest BCUT2D eigenvalue weighted by atomic mass is 35.5. The van der Waals surface area contributed by atoms with Crippen molar-refractivity contribution in [2.75, 3.05) is 0 Å². The molecule has 0 aliphatic heterocycles. The smallest absolute Gasteiger partial charge is 0.228 e. The highest BCUT2D eigenvalue weighted by molar-refractivity contribution is 6.35. The minimum atomic E-state index is -0.412. The van der Waals surface area contributed by atoms with E-state index in [2.05, 4.69) is 0 Å². The van der Waals surface area contributed by atoms with Crippen molar-refractivity contribution in [3.63, 3.8) is 0 Å². The zero-order valence-electron chi connectivity index (χ0n) is 10.6. The van der Waals surface area contributed by atoms with Gasteiger partial charge in [-0.2, -0.15) is 0 Å². The van der Waals surface area contributed by atoms with Crippen LogP contribution in [0, 0.1) is 12.7 Å². The van der Waals surface area contributed by atoms with Crippen LogP contribution >= 0.6 is 11.6 Å². The lowest BCUT2D eigenvalue weighted by Crippen LogP contribution is -2.00. The molecule has 100 valence electrons. The average molecular weight is 289 g/mol. The van der Waals surface area contributed by atoms with Crippen molar-refractivity contribution >= 4 is 28.4 Å². The van der Waals surface area contributed by atoms with Crippen molar-refractivity contribution in [3.8, 4) is 0 Å². The van der Waals surface area contributed by atoms with Gasteiger partial charge in [0.15, 0.2) is 5.76 Å². The summed E-state index contributed by atoms with van der Waals surface area (Å²) in [6.45, 7) is 1.64. The number of carbonyl (C=O) groups excluding carboxylic acids is 1. The van der Waals surface area contributed by atoms with Crippen LogP contribution in [0.15, 0.2) is 46.9 Å². The molecule has 2 aromatic carbocycles. The van der Waals surface area contributed by atoms with Crippen LogP contribution in [0.25, 0.3) is 11.0 Å². The van der Waals surface area contributed by atoms with E-state index in [4.69, 9.17) is 16.0 Å². The molecule has 0 spiro atoms. The second-order valence-corrected chi connectivity index (χ2v) is 4.96. The normalized spacial score (nSPS) is 10.9. The molecule has 0 fully saturated rings. The molecule has 4 heteroatoms. The van der Waals surface area contributed by atoms with Gasteiger partial charge < -0.3 is 4.42 Å². The maximum atomic E-state index is 13.5. The minimum Gasteiger partial charge on any atom is -0.453 e. The number of benzene rings is 2. The van der Waals surface area contributed by atoms with Gasteiger partial charge in [-0.1, -0.05) is 29.8 Å². The summed E-state index contributed by atoms with van der Waals surface area (Å²) in [5.74, 6) is -0.627. The molecule has 1 heterocycles. The average Bonchev–Trinajstić information content (AvgIpc) is 2.86. The molecule has 2 nitrogen and oxygen atoms in total. The van der Waals surface area contributed by atoms with E-state index in [1.54, 1.807) is 43.3 Å². The van der Waals surface area contributed by atoms with E-state index in [0.717, 1.165) is 0 Å². The molecule has 0 saturated carbocycles. The number of fused-ring (bicyclic) bond motifs is 1. The summed E-state index contributed by atoms with van der Waals surface area (Å²) >= 11 is 6.04. The van der Waals surface area contributed by atoms with Gasteiger partial charge in [0, 0.05) is 10.9 Å². The number of ketones is 1. The van der Waals surface area contributed by atoms with Crippen LogP contribution < -0.4 is 0 Å². The van der Waals surface area contributed by atoms with Crippen LogP contribution in [-0.2, 0) is 0 Å². The standard InChI is InChI=1S/C16H10ClFO2/c1-9-5-6-10(7-13(9)18)16(19)15-8-11-12(17)3-2-4-14(11)20-15/h2-8H,1H3. The molecule has 0 aliphatic carbocycles. The quantitative estimate of drug-likeness (QED) is 0.636. The van der Waals surface area contributed by atoms with Crippen molar-refractivity contribution in [2.24, 2.45) is 0 Å². The summed E-state index contributed by atoms with van der Waals surface area (Å²) in [6, 6.07) is 11.1. The summed E-state index contributed by atoms with van der Waals surface area (Å²) in [6.07, 6.45) is 0. The van der Waals surface area contributed by atoms with Crippen LogP contribution in [0.3, 0.4) is 0 Å². The number of hydrogen-bond donors (Lipinski definition) is 0. The van der Waals surface area contributed by atoms with Gasteiger partial charge in [0.1, 0.15) is 11.4 Å². The lowest BCUT2D eigenvalue weighted by atomic mass is 10.1. The minimum absolute atomic E-state index is 0.149. The van der Waals surface area contributed by atoms with Gasteiger partial charge in [-0.3, -0.25) is 4.79 Å². The van der Waals surface area contributed by atoms with Gasteiger partial charge in [-0.25, -0.2) is 4.39 Å². The molecule has 0 atom stereocenters. The number of carbonyl (C=O) groups is 1. The lowest BCUT2D eigenvalue weighted by Gasteiger charge is -2.00. The second kappa shape index (κ2) is 4.76. The Morgan fingerprint density at radius 2 is 2.00 bits per heavy atom. The first kappa shape index (κ1) is 12.9. The van der Waals surface area contributed by atoms with Crippen LogP contribution in [-0.4, -0.2) is 5.78 Å². The number of halogens is 2. The third kappa shape index (κ3) is 2.10. The first-order valence-electron chi connectivity index (χ1n) is 6.05. The Hall–Kier alpha value is -2.13. The van der Waals surface area contributed by atoms with E-state index in [-0.39, 0.29) is 17.1 Å². The predicted octanol–water partition coefficient (Wildman–Crippen LogP) is 4.76. The topological polar surface area (TPSA) is 30.2 Å². The van der Waals surface area contributed by atoms with Crippen LogP contribution in [0.1, 0.15) is 21.7 Å². The van der Waals surface area contributed by atoms with Crippen molar-refractivity contribution in [1.29, 1.82) is 0 Å². The van der Waals surface area contributed by atoms with E-state index in [1.165, 1.54) is 6.07 Å². The highest BCUT2D eigenvalue weighted by Crippen LogP contribution is 2.27. The zero-order chi connectivity index (χ0) is 14.3. The second-order valence-electron chi connectivity index (χ2n) is 4.56. The van der Waals surface area contributed by atoms with Gasteiger partial charge in [0.25, 0.3) is 0 Å². The predicted molar refractivity (Wildman–Crippen MR) is 75.8 cm³/mol. The van der Waals surface area contributed by atoms with Crippen molar-refractivity contribution in [3.05, 3.63) is 70.2 Å². The molecular formula is C16H10ClFO2. The number of hydrogen-bond acceptors (Lipinski definition) is 2. The third-order valence-corrected chi connectivity index (χ3v) is 3.50. The van der Waals surface area contributed by atoms with Crippen molar-refractivity contribution < 1.29 is 13.6 Å². The summed E-state index contributed by atoms with van der Waals surface area (Å²) in [5, 5.41) is 1.19. The Bertz CT molecular complexity index is 820. The molecule has 0 bridgehead atoms. The summed E-state index contributed by atoms with van der Waals surface area (Å²) in [7, 11) is 0. The summed E-state index contributed by atoms with van der Waals surface area (Å²) in [5.41, 5.74) is 1.28. The summed E-state index contributed by atoms with van der Waals surface area (Å²) in [4.78, 5) is 12.3.